The summed E-state index contributed by atoms with van der Waals surface area (Å²) in [5.74, 6) is 0.358. The van der Waals surface area contributed by atoms with E-state index in [0.29, 0.717) is 12.4 Å². The Morgan fingerprint density at radius 3 is 2.35 bits per heavy atom. The Kier molecular flexibility index (Phi) is 6.30. The standard InChI is InChI=1S/C14H22O3/c1-2-3-4-5-6-7-10-17-12-8-9-13(15)14(16)11-12/h8-9,11,15-16H,2-7,10H2,1H3. The molecule has 0 atom stereocenters. The van der Waals surface area contributed by atoms with Gasteiger partial charge in [0.2, 0.25) is 0 Å². The minimum absolute atomic E-state index is 0.114. The molecule has 0 aliphatic rings. The van der Waals surface area contributed by atoms with Crippen LogP contribution in [0, 0.1) is 0 Å². The highest BCUT2D eigenvalue weighted by atomic mass is 16.5. The summed E-state index contributed by atoms with van der Waals surface area (Å²) in [6.07, 6.45) is 7.36. The number of phenols is 2. The molecule has 1 aromatic carbocycles. The number of ether oxygens (including phenoxy) is 1. The first kappa shape index (κ1) is 13.7. The van der Waals surface area contributed by atoms with Crippen molar-refractivity contribution >= 4 is 0 Å². The summed E-state index contributed by atoms with van der Waals surface area (Å²) in [7, 11) is 0. The number of phenolic OH excluding ortho intramolecular Hbond substituents is 2. The SMILES string of the molecule is CCCCCCCCOc1ccc(O)c(O)c1. The Morgan fingerprint density at radius 2 is 1.65 bits per heavy atom. The summed E-state index contributed by atoms with van der Waals surface area (Å²) >= 11 is 0. The topological polar surface area (TPSA) is 49.7 Å². The maximum atomic E-state index is 9.27. The van der Waals surface area contributed by atoms with E-state index in [1.165, 1.54) is 44.2 Å². The summed E-state index contributed by atoms with van der Waals surface area (Å²) in [6.45, 7) is 2.87. The molecule has 0 bridgehead atoms. The average molecular weight is 238 g/mol. The zero-order chi connectivity index (χ0) is 12.5. The van der Waals surface area contributed by atoms with E-state index < -0.39 is 0 Å². The lowest BCUT2D eigenvalue weighted by Crippen LogP contribution is -1.97. The van der Waals surface area contributed by atoms with Crippen molar-refractivity contribution < 1.29 is 14.9 Å². The second-order valence-electron chi connectivity index (χ2n) is 4.27. The van der Waals surface area contributed by atoms with Crippen molar-refractivity contribution in [2.24, 2.45) is 0 Å². The van der Waals surface area contributed by atoms with Crippen molar-refractivity contribution in [3.8, 4) is 17.2 Å². The van der Waals surface area contributed by atoms with Gasteiger partial charge in [0.05, 0.1) is 6.61 Å². The van der Waals surface area contributed by atoms with Crippen LogP contribution in [-0.2, 0) is 0 Å². The van der Waals surface area contributed by atoms with Crippen molar-refractivity contribution in [2.75, 3.05) is 6.61 Å². The highest BCUT2D eigenvalue weighted by Crippen LogP contribution is 2.28. The molecule has 0 saturated heterocycles. The van der Waals surface area contributed by atoms with Gasteiger partial charge in [-0.3, -0.25) is 0 Å². The Bertz CT molecular complexity index is 323. The number of hydrogen-bond acceptors (Lipinski definition) is 3. The van der Waals surface area contributed by atoms with Gasteiger partial charge in [0.25, 0.3) is 0 Å². The zero-order valence-electron chi connectivity index (χ0n) is 10.5. The van der Waals surface area contributed by atoms with Crippen LogP contribution < -0.4 is 4.74 Å². The molecular weight excluding hydrogens is 216 g/mol. The first-order valence-electron chi connectivity index (χ1n) is 6.39. The first-order valence-corrected chi connectivity index (χ1v) is 6.39. The van der Waals surface area contributed by atoms with Gasteiger partial charge in [0.15, 0.2) is 11.5 Å². The summed E-state index contributed by atoms with van der Waals surface area (Å²) in [4.78, 5) is 0. The van der Waals surface area contributed by atoms with Crippen LogP contribution in [0.2, 0.25) is 0 Å². The van der Waals surface area contributed by atoms with Crippen LogP contribution in [-0.4, -0.2) is 16.8 Å². The maximum Gasteiger partial charge on any atom is 0.161 e. The molecule has 0 saturated carbocycles. The third-order valence-electron chi connectivity index (χ3n) is 2.71. The molecule has 96 valence electrons. The Labute approximate surface area is 103 Å². The van der Waals surface area contributed by atoms with Gasteiger partial charge in [-0.15, -0.1) is 0 Å². The molecule has 0 amide bonds. The number of hydrogen-bond donors (Lipinski definition) is 2. The van der Waals surface area contributed by atoms with E-state index in [9.17, 15) is 5.11 Å². The van der Waals surface area contributed by atoms with Gasteiger partial charge in [-0.05, 0) is 18.6 Å². The smallest absolute Gasteiger partial charge is 0.161 e. The van der Waals surface area contributed by atoms with Crippen molar-refractivity contribution in [3.63, 3.8) is 0 Å². The third kappa shape index (κ3) is 5.48. The first-order chi connectivity index (χ1) is 8.24. The molecule has 0 aliphatic carbocycles. The lowest BCUT2D eigenvalue weighted by atomic mass is 10.1. The molecule has 0 unspecified atom stereocenters. The molecule has 17 heavy (non-hydrogen) atoms. The van der Waals surface area contributed by atoms with Crippen LogP contribution in [0.25, 0.3) is 0 Å². The van der Waals surface area contributed by atoms with E-state index in [2.05, 4.69) is 6.92 Å². The third-order valence-corrected chi connectivity index (χ3v) is 2.71. The zero-order valence-corrected chi connectivity index (χ0v) is 10.5. The highest BCUT2D eigenvalue weighted by molar-refractivity contribution is 5.43. The summed E-state index contributed by atoms with van der Waals surface area (Å²) in [6, 6.07) is 4.53. The van der Waals surface area contributed by atoms with E-state index in [-0.39, 0.29) is 11.5 Å². The average Bonchev–Trinajstić information content (AvgIpc) is 2.32. The molecule has 2 N–H and O–H groups in total. The summed E-state index contributed by atoms with van der Waals surface area (Å²) in [5.41, 5.74) is 0. The molecule has 0 radical (unpaired) electrons. The molecule has 1 rings (SSSR count). The van der Waals surface area contributed by atoms with E-state index in [1.807, 2.05) is 0 Å². The largest absolute Gasteiger partial charge is 0.504 e. The fourth-order valence-electron chi connectivity index (χ4n) is 1.67. The van der Waals surface area contributed by atoms with Crippen LogP contribution in [0.3, 0.4) is 0 Å². The van der Waals surface area contributed by atoms with Gasteiger partial charge >= 0.3 is 0 Å². The van der Waals surface area contributed by atoms with Gasteiger partial charge in [0.1, 0.15) is 5.75 Å². The van der Waals surface area contributed by atoms with E-state index in [1.54, 1.807) is 6.07 Å². The molecule has 3 nitrogen and oxygen atoms in total. The molecular formula is C14H22O3. The van der Waals surface area contributed by atoms with Gasteiger partial charge < -0.3 is 14.9 Å². The van der Waals surface area contributed by atoms with E-state index >= 15 is 0 Å². The predicted molar refractivity (Wildman–Crippen MR) is 68.6 cm³/mol. The van der Waals surface area contributed by atoms with Crippen LogP contribution in [0.1, 0.15) is 45.4 Å². The van der Waals surface area contributed by atoms with Gasteiger partial charge in [-0.1, -0.05) is 39.0 Å². The fourth-order valence-corrected chi connectivity index (χ4v) is 1.67. The fraction of sp³-hybridized carbons (Fsp3) is 0.571. The van der Waals surface area contributed by atoms with Crippen molar-refractivity contribution in [2.45, 2.75) is 45.4 Å². The van der Waals surface area contributed by atoms with Crippen LogP contribution in [0.5, 0.6) is 17.2 Å². The monoisotopic (exact) mass is 238 g/mol. The van der Waals surface area contributed by atoms with Crippen LogP contribution >= 0.6 is 0 Å². The quantitative estimate of drug-likeness (QED) is 0.534. The van der Waals surface area contributed by atoms with Gasteiger partial charge in [0, 0.05) is 6.07 Å². The van der Waals surface area contributed by atoms with Crippen LogP contribution in [0.15, 0.2) is 18.2 Å². The Balaban J connectivity index is 2.11. The van der Waals surface area contributed by atoms with Crippen molar-refractivity contribution in [1.82, 2.24) is 0 Å². The number of rotatable bonds is 8. The summed E-state index contributed by atoms with van der Waals surface area (Å²) < 4.78 is 5.48. The maximum absolute atomic E-state index is 9.27. The normalized spacial score (nSPS) is 10.4. The number of benzene rings is 1. The molecule has 0 spiro atoms. The highest BCUT2D eigenvalue weighted by Gasteiger charge is 2.00. The Morgan fingerprint density at radius 1 is 0.941 bits per heavy atom. The molecule has 0 aliphatic heterocycles. The van der Waals surface area contributed by atoms with E-state index in [4.69, 9.17) is 9.84 Å². The van der Waals surface area contributed by atoms with Crippen molar-refractivity contribution in [1.29, 1.82) is 0 Å². The molecule has 0 aromatic heterocycles. The van der Waals surface area contributed by atoms with Gasteiger partial charge in [-0.2, -0.15) is 0 Å². The minimum Gasteiger partial charge on any atom is -0.504 e. The molecule has 3 heteroatoms. The lowest BCUT2D eigenvalue weighted by molar-refractivity contribution is 0.301. The summed E-state index contributed by atoms with van der Waals surface area (Å²) in [5, 5.41) is 18.4. The Hall–Kier alpha value is -1.38. The van der Waals surface area contributed by atoms with Crippen LogP contribution in [0.4, 0.5) is 0 Å². The van der Waals surface area contributed by atoms with E-state index in [0.717, 1.165) is 6.42 Å². The number of aromatic hydroxyl groups is 2. The molecule has 1 aromatic rings. The minimum atomic E-state index is -0.134. The second kappa shape index (κ2) is 7.82. The van der Waals surface area contributed by atoms with Crippen molar-refractivity contribution in [3.05, 3.63) is 18.2 Å². The molecule has 0 heterocycles. The lowest BCUT2D eigenvalue weighted by Gasteiger charge is -2.07. The second-order valence-corrected chi connectivity index (χ2v) is 4.27. The van der Waals surface area contributed by atoms with Gasteiger partial charge in [-0.25, -0.2) is 0 Å². The molecule has 0 fully saturated rings. The number of unbranched alkanes of at least 4 members (excludes halogenated alkanes) is 5. The predicted octanol–water partition coefficient (Wildman–Crippen LogP) is 3.84.